The molecule has 1 fully saturated rings. The highest BCUT2D eigenvalue weighted by Crippen LogP contribution is 2.34. The maximum absolute atomic E-state index is 12.7. The van der Waals surface area contributed by atoms with Crippen molar-refractivity contribution >= 4 is 23.4 Å². The zero-order chi connectivity index (χ0) is 22.4. The lowest BCUT2D eigenvalue weighted by atomic mass is 9.99. The average Bonchev–Trinajstić information content (AvgIpc) is 2.77. The van der Waals surface area contributed by atoms with Gasteiger partial charge in [-0.1, -0.05) is 31.2 Å². The number of nitrogens with one attached hydrogen (secondary N) is 1. The normalized spacial score (nSPS) is 16.7. The number of hydrogen-bond acceptors (Lipinski definition) is 6. The Bertz CT molecular complexity index is 933. The van der Waals surface area contributed by atoms with Crippen LogP contribution in [0.2, 0.25) is 0 Å². The number of likely N-dealkylation sites (tertiary alicyclic amines) is 1. The van der Waals surface area contributed by atoms with E-state index in [0.717, 1.165) is 31.1 Å². The maximum atomic E-state index is 12.7. The third-order valence-corrected chi connectivity index (χ3v) is 6.33. The molecule has 31 heavy (non-hydrogen) atoms. The minimum Gasteiger partial charge on any atom is -0.495 e. The molecule has 1 heterocycles. The summed E-state index contributed by atoms with van der Waals surface area (Å²) in [4.78, 5) is 26.7. The lowest BCUT2D eigenvalue weighted by molar-refractivity contribution is -0.385. The van der Waals surface area contributed by atoms with Crippen molar-refractivity contribution in [3.05, 3.63) is 63.2 Å². The molecule has 0 radical (unpaired) electrons. The van der Waals surface area contributed by atoms with Gasteiger partial charge in [-0.05, 0) is 48.8 Å². The lowest BCUT2D eigenvalue weighted by Gasteiger charge is -2.30. The highest BCUT2D eigenvalue weighted by atomic mass is 32.2. The van der Waals surface area contributed by atoms with E-state index in [4.69, 9.17) is 4.74 Å². The van der Waals surface area contributed by atoms with Gasteiger partial charge in [0.05, 0.1) is 23.0 Å². The monoisotopic (exact) mass is 443 g/mol. The van der Waals surface area contributed by atoms with Gasteiger partial charge in [0.15, 0.2) is 0 Å². The third-order valence-electron chi connectivity index (χ3n) is 5.57. The van der Waals surface area contributed by atoms with Crippen molar-refractivity contribution in [3.63, 3.8) is 0 Å². The van der Waals surface area contributed by atoms with Crippen LogP contribution in [0.25, 0.3) is 0 Å². The summed E-state index contributed by atoms with van der Waals surface area (Å²) in [6, 6.07) is 11.0. The highest BCUT2D eigenvalue weighted by Gasteiger charge is 2.24. The van der Waals surface area contributed by atoms with Crippen molar-refractivity contribution in [3.8, 4) is 5.75 Å². The van der Waals surface area contributed by atoms with E-state index in [-0.39, 0.29) is 11.3 Å². The quantitative estimate of drug-likeness (QED) is 0.368. The maximum Gasteiger partial charge on any atom is 0.285 e. The van der Waals surface area contributed by atoms with Gasteiger partial charge < -0.3 is 10.1 Å². The summed E-state index contributed by atoms with van der Waals surface area (Å²) in [6.45, 7) is 5.81. The van der Waals surface area contributed by atoms with Crippen molar-refractivity contribution in [2.24, 2.45) is 5.92 Å². The van der Waals surface area contributed by atoms with Crippen molar-refractivity contribution in [2.75, 3.05) is 26.5 Å². The predicted molar refractivity (Wildman–Crippen MR) is 123 cm³/mol. The zero-order valence-electron chi connectivity index (χ0n) is 18.2. The fourth-order valence-electron chi connectivity index (χ4n) is 3.93. The second kappa shape index (κ2) is 10.6. The summed E-state index contributed by atoms with van der Waals surface area (Å²) in [6.07, 6.45) is 4.39. The second-order valence-corrected chi connectivity index (χ2v) is 8.81. The molecule has 1 atom stereocenters. The standard InChI is InChI=1S/C23H29N3O4S/c1-16-5-4-10-25(14-16)15-18-8-6-17(7-9-18)13-24-23(27)19-11-22(31-3)21(30-2)12-20(19)26(28)29/h6-9,11-12,16H,4-5,10,13-15H2,1-3H3,(H,24,27). The van der Waals surface area contributed by atoms with E-state index >= 15 is 0 Å². The molecule has 0 saturated carbocycles. The molecule has 1 amide bonds. The summed E-state index contributed by atoms with van der Waals surface area (Å²) >= 11 is 1.37. The van der Waals surface area contributed by atoms with Crippen LogP contribution in [0, 0.1) is 16.0 Å². The summed E-state index contributed by atoms with van der Waals surface area (Å²) in [5.74, 6) is 0.655. The van der Waals surface area contributed by atoms with Gasteiger partial charge in [0.25, 0.3) is 11.6 Å². The minimum absolute atomic E-state index is 0.0333. The van der Waals surface area contributed by atoms with Crippen LogP contribution >= 0.6 is 11.8 Å². The van der Waals surface area contributed by atoms with Crippen molar-refractivity contribution in [2.45, 2.75) is 37.8 Å². The number of hydrogen-bond donors (Lipinski definition) is 1. The Balaban J connectivity index is 1.64. The van der Waals surface area contributed by atoms with Gasteiger partial charge in [0, 0.05) is 19.6 Å². The number of nitro groups is 1. The Labute approximate surface area is 187 Å². The first-order valence-corrected chi connectivity index (χ1v) is 11.6. The number of carbonyl (C=O) groups is 1. The number of nitro benzene ring substituents is 1. The van der Waals surface area contributed by atoms with Gasteiger partial charge in [-0.15, -0.1) is 11.8 Å². The zero-order valence-corrected chi connectivity index (χ0v) is 19.0. The van der Waals surface area contributed by atoms with E-state index in [1.54, 1.807) is 0 Å². The fourth-order valence-corrected chi connectivity index (χ4v) is 4.51. The number of benzene rings is 2. The molecule has 1 N–H and O–H groups in total. The number of amides is 1. The van der Waals surface area contributed by atoms with Crippen LogP contribution in [0.4, 0.5) is 5.69 Å². The van der Waals surface area contributed by atoms with E-state index in [1.165, 1.54) is 49.4 Å². The van der Waals surface area contributed by atoms with Gasteiger partial charge in [-0.2, -0.15) is 0 Å². The minimum atomic E-state index is -0.558. The van der Waals surface area contributed by atoms with Crippen LogP contribution in [-0.2, 0) is 13.1 Å². The van der Waals surface area contributed by atoms with E-state index in [9.17, 15) is 14.9 Å². The summed E-state index contributed by atoms with van der Waals surface area (Å²) in [5.41, 5.74) is 1.97. The second-order valence-electron chi connectivity index (χ2n) is 7.96. The number of piperidine rings is 1. The average molecular weight is 444 g/mol. The SMILES string of the molecule is COc1cc([N+](=O)[O-])c(C(=O)NCc2ccc(CN3CCCC(C)C3)cc2)cc1SC. The molecule has 0 aromatic heterocycles. The van der Waals surface area contributed by atoms with Crippen LogP contribution in [0.1, 0.15) is 41.3 Å². The lowest BCUT2D eigenvalue weighted by Crippen LogP contribution is -2.33. The summed E-state index contributed by atoms with van der Waals surface area (Å²) in [5, 5.41) is 14.3. The van der Waals surface area contributed by atoms with Gasteiger partial charge in [0.1, 0.15) is 11.3 Å². The van der Waals surface area contributed by atoms with E-state index in [1.807, 2.05) is 18.4 Å². The Morgan fingerprint density at radius 1 is 1.29 bits per heavy atom. The molecule has 1 unspecified atom stereocenters. The first kappa shape index (κ1) is 23.1. The Hall–Kier alpha value is -2.58. The number of carbonyl (C=O) groups excluding carboxylic acids is 1. The van der Waals surface area contributed by atoms with Crippen LogP contribution < -0.4 is 10.1 Å². The Morgan fingerprint density at radius 2 is 2.00 bits per heavy atom. The molecule has 3 rings (SSSR count). The molecule has 1 aliphatic rings. The molecular formula is C23H29N3O4S. The van der Waals surface area contributed by atoms with Gasteiger partial charge in [0.2, 0.25) is 0 Å². The summed E-state index contributed by atoms with van der Waals surface area (Å²) in [7, 11) is 1.45. The largest absolute Gasteiger partial charge is 0.495 e. The molecule has 0 aliphatic carbocycles. The molecule has 2 aromatic carbocycles. The molecule has 7 nitrogen and oxygen atoms in total. The van der Waals surface area contributed by atoms with E-state index in [0.29, 0.717) is 17.2 Å². The fraction of sp³-hybridized carbons (Fsp3) is 0.435. The topological polar surface area (TPSA) is 84.7 Å². The summed E-state index contributed by atoms with van der Waals surface area (Å²) < 4.78 is 5.20. The molecular weight excluding hydrogens is 414 g/mol. The first-order valence-electron chi connectivity index (χ1n) is 10.4. The highest BCUT2D eigenvalue weighted by molar-refractivity contribution is 7.98. The molecule has 2 aromatic rings. The number of methoxy groups -OCH3 is 1. The molecule has 0 spiro atoms. The number of ether oxygens (including phenoxy) is 1. The molecule has 1 aliphatic heterocycles. The number of thioether (sulfide) groups is 1. The van der Waals surface area contributed by atoms with Gasteiger partial charge >= 0.3 is 0 Å². The molecule has 166 valence electrons. The van der Waals surface area contributed by atoms with E-state index < -0.39 is 10.8 Å². The van der Waals surface area contributed by atoms with Crippen LogP contribution in [0.3, 0.4) is 0 Å². The molecule has 0 bridgehead atoms. The molecule has 8 heteroatoms. The van der Waals surface area contributed by atoms with Crippen LogP contribution in [-0.4, -0.2) is 42.2 Å². The smallest absolute Gasteiger partial charge is 0.285 e. The van der Waals surface area contributed by atoms with Crippen LogP contribution in [0.5, 0.6) is 5.75 Å². The van der Waals surface area contributed by atoms with Gasteiger partial charge in [-0.3, -0.25) is 19.8 Å². The number of rotatable bonds is 8. The number of nitrogens with zero attached hydrogens (tertiary/aromatic N) is 2. The van der Waals surface area contributed by atoms with Gasteiger partial charge in [-0.25, -0.2) is 0 Å². The van der Waals surface area contributed by atoms with Crippen molar-refractivity contribution in [1.82, 2.24) is 10.2 Å². The third kappa shape index (κ3) is 5.98. The molecule has 1 saturated heterocycles. The van der Waals surface area contributed by atoms with Crippen molar-refractivity contribution < 1.29 is 14.5 Å². The predicted octanol–water partition coefficient (Wildman–Crippen LogP) is 4.49. The Morgan fingerprint density at radius 3 is 2.61 bits per heavy atom. The van der Waals surface area contributed by atoms with E-state index in [2.05, 4.69) is 29.3 Å². The Kier molecular flexibility index (Phi) is 7.92. The first-order chi connectivity index (χ1) is 14.9. The van der Waals surface area contributed by atoms with Crippen molar-refractivity contribution in [1.29, 1.82) is 0 Å². The van der Waals surface area contributed by atoms with Crippen LogP contribution in [0.15, 0.2) is 41.3 Å².